The number of benzene rings is 2. The topological polar surface area (TPSA) is 55.0 Å². The van der Waals surface area contributed by atoms with Crippen LogP contribution in [-0.4, -0.2) is 10.2 Å². The molecule has 116 valence electrons. The maximum absolute atomic E-state index is 11.0. The first-order valence-corrected chi connectivity index (χ1v) is 7.58. The number of nitrogens with zero attached hydrogens (tertiary/aromatic N) is 1. The predicted octanol–water partition coefficient (Wildman–Crippen LogP) is 3.59. The molecule has 0 amide bonds. The monoisotopic (exact) mass is 326 g/mol. The molecule has 0 saturated heterocycles. The van der Waals surface area contributed by atoms with Gasteiger partial charge in [-0.1, -0.05) is 41.9 Å². The number of rotatable bonds is 5. The highest BCUT2D eigenvalue weighted by Crippen LogP contribution is 2.20. The van der Waals surface area contributed by atoms with Crippen LogP contribution in [-0.2, 0) is 13.0 Å². The molecule has 0 aliphatic heterocycles. The van der Waals surface area contributed by atoms with Gasteiger partial charge in [-0.3, -0.25) is 4.79 Å². The molecule has 0 radical (unpaired) electrons. The Balaban J connectivity index is 1.68. The second-order valence-electron chi connectivity index (χ2n) is 5.12. The molecule has 0 aliphatic rings. The molecule has 5 heteroatoms. The minimum absolute atomic E-state index is 0.203. The van der Waals surface area contributed by atoms with Crippen molar-refractivity contribution in [3.05, 3.63) is 92.9 Å². The summed E-state index contributed by atoms with van der Waals surface area (Å²) in [7, 11) is 0. The molecule has 0 saturated carbocycles. The lowest BCUT2D eigenvalue weighted by atomic mass is 10.1. The molecule has 0 atom stereocenters. The number of H-pyrrole nitrogens is 1. The van der Waals surface area contributed by atoms with Crippen molar-refractivity contribution in [2.75, 3.05) is 0 Å². The van der Waals surface area contributed by atoms with E-state index >= 15 is 0 Å². The Bertz CT molecular complexity index is 841. The lowest BCUT2D eigenvalue weighted by molar-refractivity contribution is 0.306. The van der Waals surface area contributed by atoms with Gasteiger partial charge < -0.3 is 4.74 Å². The molecule has 0 fully saturated rings. The van der Waals surface area contributed by atoms with Crippen LogP contribution in [0.1, 0.15) is 16.8 Å². The van der Waals surface area contributed by atoms with Gasteiger partial charge in [0.15, 0.2) is 0 Å². The Morgan fingerprint density at radius 3 is 2.70 bits per heavy atom. The Kier molecular flexibility index (Phi) is 4.74. The molecule has 1 N–H and O–H groups in total. The molecular formula is C18H15ClN2O2. The molecule has 23 heavy (non-hydrogen) atoms. The van der Waals surface area contributed by atoms with E-state index in [9.17, 15) is 4.79 Å². The molecule has 0 spiro atoms. The minimum atomic E-state index is -0.203. The van der Waals surface area contributed by atoms with E-state index in [0.717, 1.165) is 22.6 Å². The van der Waals surface area contributed by atoms with E-state index in [4.69, 9.17) is 16.3 Å². The van der Waals surface area contributed by atoms with E-state index in [2.05, 4.69) is 10.2 Å². The highest BCUT2D eigenvalue weighted by molar-refractivity contribution is 6.31. The first-order chi connectivity index (χ1) is 11.2. The normalized spacial score (nSPS) is 10.5. The van der Waals surface area contributed by atoms with Gasteiger partial charge in [-0.25, -0.2) is 5.10 Å². The van der Waals surface area contributed by atoms with Crippen molar-refractivity contribution in [1.29, 1.82) is 0 Å². The van der Waals surface area contributed by atoms with Crippen LogP contribution in [0.2, 0.25) is 5.02 Å². The van der Waals surface area contributed by atoms with Crippen molar-refractivity contribution >= 4 is 11.6 Å². The molecule has 0 bridgehead atoms. The van der Waals surface area contributed by atoms with E-state index < -0.39 is 0 Å². The number of hydrogen-bond acceptors (Lipinski definition) is 3. The number of ether oxygens (including phenoxy) is 1. The third-order valence-electron chi connectivity index (χ3n) is 3.37. The first kappa shape index (κ1) is 15.3. The van der Waals surface area contributed by atoms with Crippen LogP contribution in [0.15, 0.2) is 65.5 Å². The molecule has 4 nitrogen and oxygen atoms in total. The minimum Gasteiger partial charge on any atom is -0.489 e. The Labute approximate surface area is 138 Å². The molecule has 2 aromatic carbocycles. The summed E-state index contributed by atoms with van der Waals surface area (Å²) < 4.78 is 5.81. The number of aromatic amines is 1. The van der Waals surface area contributed by atoms with Crippen LogP contribution in [0.25, 0.3) is 0 Å². The van der Waals surface area contributed by atoms with Crippen LogP contribution >= 0.6 is 11.6 Å². The zero-order valence-electron chi connectivity index (χ0n) is 12.3. The second kappa shape index (κ2) is 7.11. The van der Waals surface area contributed by atoms with Crippen molar-refractivity contribution in [3.63, 3.8) is 0 Å². The van der Waals surface area contributed by atoms with Crippen molar-refractivity contribution in [3.8, 4) is 5.75 Å². The predicted molar refractivity (Wildman–Crippen MR) is 89.9 cm³/mol. The van der Waals surface area contributed by atoms with E-state index in [1.54, 1.807) is 6.07 Å². The van der Waals surface area contributed by atoms with E-state index in [-0.39, 0.29) is 5.56 Å². The number of aromatic nitrogens is 2. The maximum atomic E-state index is 11.0. The molecule has 3 rings (SSSR count). The summed E-state index contributed by atoms with van der Waals surface area (Å²) in [6, 6.07) is 18.6. The fourth-order valence-corrected chi connectivity index (χ4v) is 2.39. The molecule has 1 heterocycles. The largest absolute Gasteiger partial charge is 0.489 e. The SMILES string of the molecule is O=c1ccc(Cc2cccc(OCc3ccccc3Cl)c2)n[nH]1. The third-order valence-corrected chi connectivity index (χ3v) is 3.74. The molecular weight excluding hydrogens is 312 g/mol. The summed E-state index contributed by atoms with van der Waals surface area (Å²) in [5.41, 5.74) is 2.60. The highest BCUT2D eigenvalue weighted by Gasteiger charge is 2.03. The smallest absolute Gasteiger partial charge is 0.264 e. The van der Waals surface area contributed by atoms with Crippen molar-refractivity contribution in [2.24, 2.45) is 0 Å². The summed E-state index contributed by atoms with van der Waals surface area (Å²) in [5, 5.41) is 7.14. The van der Waals surface area contributed by atoms with Gasteiger partial charge in [-0.15, -0.1) is 0 Å². The van der Waals surface area contributed by atoms with Crippen LogP contribution in [0.4, 0.5) is 0 Å². The number of hydrogen-bond donors (Lipinski definition) is 1. The molecule has 0 unspecified atom stereocenters. The Morgan fingerprint density at radius 1 is 1.04 bits per heavy atom. The maximum Gasteiger partial charge on any atom is 0.264 e. The Hall–Kier alpha value is -2.59. The summed E-state index contributed by atoms with van der Waals surface area (Å²) in [4.78, 5) is 11.0. The van der Waals surface area contributed by atoms with Crippen LogP contribution in [0.3, 0.4) is 0 Å². The first-order valence-electron chi connectivity index (χ1n) is 7.20. The van der Waals surface area contributed by atoms with Gasteiger partial charge in [0.2, 0.25) is 0 Å². The lowest BCUT2D eigenvalue weighted by Crippen LogP contribution is -2.07. The zero-order chi connectivity index (χ0) is 16.1. The summed E-state index contributed by atoms with van der Waals surface area (Å²) in [6.45, 7) is 0.417. The van der Waals surface area contributed by atoms with Gasteiger partial charge in [0.05, 0.1) is 5.69 Å². The molecule has 1 aromatic heterocycles. The quantitative estimate of drug-likeness (QED) is 0.779. The summed E-state index contributed by atoms with van der Waals surface area (Å²) >= 11 is 6.12. The average molecular weight is 327 g/mol. The van der Waals surface area contributed by atoms with Crippen molar-refractivity contribution in [1.82, 2.24) is 10.2 Å². The third kappa shape index (κ3) is 4.20. The molecule has 0 aliphatic carbocycles. The summed E-state index contributed by atoms with van der Waals surface area (Å²) in [5.74, 6) is 0.770. The highest BCUT2D eigenvalue weighted by atomic mass is 35.5. The average Bonchev–Trinajstić information content (AvgIpc) is 2.57. The van der Waals surface area contributed by atoms with Crippen molar-refractivity contribution in [2.45, 2.75) is 13.0 Å². The standard InChI is InChI=1S/C18H15ClN2O2/c19-17-7-2-1-5-14(17)12-23-16-6-3-4-13(11-16)10-15-8-9-18(22)21-20-15/h1-9,11H,10,12H2,(H,21,22). The Morgan fingerprint density at radius 2 is 1.91 bits per heavy atom. The number of halogens is 1. The fourth-order valence-electron chi connectivity index (χ4n) is 2.20. The van der Waals surface area contributed by atoms with Gasteiger partial charge >= 0.3 is 0 Å². The van der Waals surface area contributed by atoms with E-state index in [1.165, 1.54) is 6.07 Å². The van der Waals surface area contributed by atoms with Crippen LogP contribution < -0.4 is 10.3 Å². The zero-order valence-corrected chi connectivity index (χ0v) is 13.1. The van der Waals surface area contributed by atoms with Crippen molar-refractivity contribution < 1.29 is 4.74 Å². The fraction of sp³-hybridized carbons (Fsp3) is 0.111. The lowest BCUT2D eigenvalue weighted by Gasteiger charge is -2.09. The van der Waals surface area contributed by atoms with Gasteiger partial charge in [0.1, 0.15) is 12.4 Å². The second-order valence-corrected chi connectivity index (χ2v) is 5.52. The van der Waals surface area contributed by atoms with E-state index in [1.807, 2.05) is 48.5 Å². The van der Waals surface area contributed by atoms with Crippen LogP contribution in [0, 0.1) is 0 Å². The van der Waals surface area contributed by atoms with Gasteiger partial charge in [-0.2, -0.15) is 5.10 Å². The molecule has 3 aromatic rings. The van der Waals surface area contributed by atoms with E-state index in [0.29, 0.717) is 18.1 Å². The van der Waals surface area contributed by atoms with Gasteiger partial charge in [0.25, 0.3) is 5.56 Å². The number of nitrogens with one attached hydrogen (secondary N) is 1. The van der Waals surface area contributed by atoms with Gasteiger partial charge in [0, 0.05) is 23.1 Å². The van der Waals surface area contributed by atoms with Crippen LogP contribution in [0.5, 0.6) is 5.75 Å². The summed E-state index contributed by atoms with van der Waals surface area (Å²) in [6.07, 6.45) is 0.625. The van der Waals surface area contributed by atoms with Gasteiger partial charge in [-0.05, 0) is 29.8 Å².